The molecule has 0 heterocycles. The van der Waals surface area contributed by atoms with E-state index in [0.717, 1.165) is 108 Å². The molecule has 0 amide bonds. The number of unbranched alkanes of at least 4 members (excludes halogenated alkanes) is 38. The van der Waals surface area contributed by atoms with Crippen molar-refractivity contribution < 1.29 is 80.2 Å². The minimum Gasteiger partial charge on any atom is -0.462 e. The lowest BCUT2D eigenvalue weighted by molar-refractivity contribution is -0.161. The Labute approximate surface area is 562 Å². The van der Waals surface area contributed by atoms with Gasteiger partial charge in [0.2, 0.25) is 0 Å². The van der Waals surface area contributed by atoms with Crippen molar-refractivity contribution in [1.29, 1.82) is 0 Å². The van der Waals surface area contributed by atoms with Crippen molar-refractivity contribution in [3.63, 3.8) is 0 Å². The molecule has 0 spiro atoms. The summed E-state index contributed by atoms with van der Waals surface area (Å²) in [6.45, 7) is 11.7. The van der Waals surface area contributed by atoms with Crippen LogP contribution in [-0.4, -0.2) is 96.7 Å². The van der Waals surface area contributed by atoms with Crippen LogP contribution in [0.5, 0.6) is 0 Å². The van der Waals surface area contributed by atoms with Crippen molar-refractivity contribution in [2.24, 2.45) is 17.8 Å². The first kappa shape index (κ1) is 90.1. The van der Waals surface area contributed by atoms with Gasteiger partial charge in [0.05, 0.1) is 26.4 Å². The van der Waals surface area contributed by atoms with Gasteiger partial charge in [0.25, 0.3) is 0 Å². The quantitative estimate of drug-likeness (QED) is 0.0222. The lowest BCUT2D eigenvalue weighted by Gasteiger charge is -2.21. The summed E-state index contributed by atoms with van der Waals surface area (Å²) in [5, 5.41) is 10.6. The number of carbonyl (C=O) groups is 4. The standard InChI is InChI=1S/C73H142O17P2/c1-8-10-11-12-13-14-15-16-17-18-19-20-21-22-23-24-25-28-32-42-49-56-72(77)89-68(60-83-70(75)54-47-40-31-29-26-27-30-37-44-51-64(3)4)62-87-91(79,80)85-58-67(74)59-86-92(81,82)88-63-69(61-84-71(76)55-48-41-35-33-38-45-52-65(5)6)90-73(78)57-50-43-36-34-39-46-53-66(7)9-2/h64-69,74H,8-63H2,1-7H3,(H,79,80)(H,81,82)/t66?,67-,68-,69-/m1/s1. The number of hydrogen-bond acceptors (Lipinski definition) is 15. The van der Waals surface area contributed by atoms with E-state index in [1.165, 1.54) is 173 Å². The smallest absolute Gasteiger partial charge is 0.462 e. The zero-order valence-corrected chi connectivity index (χ0v) is 61.8. The van der Waals surface area contributed by atoms with E-state index >= 15 is 0 Å². The number of rotatable bonds is 71. The fraction of sp³-hybridized carbons (Fsp3) is 0.945. The Hall–Kier alpha value is -1.94. The molecule has 6 atom stereocenters. The predicted molar refractivity (Wildman–Crippen MR) is 372 cm³/mol. The lowest BCUT2D eigenvalue weighted by atomic mass is 10.00. The van der Waals surface area contributed by atoms with Crippen LogP contribution in [0.1, 0.15) is 370 Å². The Balaban J connectivity index is 5.17. The van der Waals surface area contributed by atoms with Gasteiger partial charge in [0.1, 0.15) is 19.3 Å². The van der Waals surface area contributed by atoms with E-state index in [1.54, 1.807) is 0 Å². The summed E-state index contributed by atoms with van der Waals surface area (Å²) in [5.74, 6) is 0.0137. The van der Waals surface area contributed by atoms with Crippen LogP contribution in [0.15, 0.2) is 0 Å². The molecule has 0 aliphatic rings. The van der Waals surface area contributed by atoms with Crippen LogP contribution in [0.4, 0.5) is 0 Å². The van der Waals surface area contributed by atoms with Crippen LogP contribution in [0.2, 0.25) is 0 Å². The Morgan fingerprint density at radius 3 is 0.826 bits per heavy atom. The van der Waals surface area contributed by atoms with Crippen LogP contribution in [0.3, 0.4) is 0 Å². The molecule has 3 N–H and O–H groups in total. The topological polar surface area (TPSA) is 237 Å². The predicted octanol–water partition coefficient (Wildman–Crippen LogP) is 21.0. The average Bonchev–Trinajstić information content (AvgIpc) is 2.43. The highest BCUT2D eigenvalue weighted by Crippen LogP contribution is 2.45. The Morgan fingerprint density at radius 1 is 0.315 bits per heavy atom. The van der Waals surface area contributed by atoms with E-state index < -0.39 is 97.5 Å². The molecule has 0 rings (SSSR count). The molecule has 546 valence electrons. The molecule has 0 aliphatic carbocycles. The van der Waals surface area contributed by atoms with Crippen LogP contribution < -0.4 is 0 Å². The second kappa shape index (κ2) is 63.8. The maximum atomic E-state index is 13.0. The summed E-state index contributed by atoms with van der Waals surface area (Å²) in [5.41, 5.74) is 0. The highest BCUT2D eigenvalue weighted by atomic mass is 31.2. The second-order valence-corrected chi connectivity index (χ2v) is 30.4. The zero-order valence-electron chi connectivity index (χ0n) is 60.0. The van der Waals surface area contributed by atoms with Gasteiger partial charge in [0.15, 0.2) is 12.2 Å². The maximum absolute atomic E-state index is 13.0. The average molecular weight is 1350 g/mol. The van der Waals surface area contributed by atoms with E-state index in [9.17, 15) is 43.2 Å². The zero-order chi connectivity index (χ0) is 68.0. The van der Waals surface area contributed by atoms with Gasteiger partial charge in [-0.3, -0.25) is 37.3 Å². The molecule has 0 aliphatic heterocycles. The van der Waals surface area contributed by atoms with Crippen molar-refractivity contribution in [3.8, 4) is 0 Å². The highest BCUT2D eigenvalue weighted by Gasteiger charge is 2.30. The molecule has 17 nitrogen and oxygen atoms in total. The van der Waals surface area contributed by atoms with Gasteiger partial charge < -0.3 is 33.8 Å². The third kappa shape index (κ3) is 65.4. The van der Waals surface area contributed by atoms with E-state index in [1.807, 2.05) is 0 Å². The number of esters is 4. The molecule has 92 heavy (non-hydrogen) atoms. The van der Waals surface area contributed by atoms with Gasteiger partial charge in [-0.1, -0.05) is 318 Å². The minimum atomic E-state index is -4.95. The molecule has 0 radical (unpaired) electrons. The van der Waals surface area contributed by atoms with Crippen molar-refractivity contribution in [1.82, 2.24) is 0 Å². The molecule has 0 aromatic carbocycles. The van der Waals surface area contributed by atoms with Crippen LogP contribution in [-0.2, 0) is 65.4 Å². The molecule has 0 aromatic rings. The van der Waals surface area contributed by atoms with Crippen molar-refractivity contribution in [2.75, 3.05) is 39.6 Å². The molecule has 3 unspecified atom stereocenters. The molecular formula is C73H142O17P2. The Bertz CT molecular complexity index is 1800. The van der Waals surface area contributed by atoms with Crippen LogP contribution in [0, 0.1) is 17.8 Å². The molecule has 0 aromatic heterocycles. The largest absolute Gasteiger partial charge is 0.472 e. The van der Waals surface area contributed by atoms with Gasteiger partial charge in [-0.05, 0) is 43.4 Å². The molecule has 0 saturated carbocycles. The third-order valence-corrected chi connectivity index (χ3v) is 19.1. The van der Waals surface area contributed by atoms with Gasteiger partial charge >= 0.3 is 39.5 Å². The summed E-state index contributed by atoms with van der Waals surface area (Å²) in [4.78, 5) is 72.6. The van der Waals surface area contributed by atoms with Crippen molar-refractivity contribution >= 4 is 39.5 Å². The summed E-state index contributed by atoms with van der Waals surface area (Å²) < 4.78 is 68.3. The van der Waals surface area contributed by atoms with Crippen molar-refractivity contribution in [2.45, 2.75) is 388 Å². The number of aliphatic hydroxyl groups is 1. The number of ether oxygens (including phenoxy) is 4. The van der Waals surface area contributed by atoms with Crippen LogP contribution in [0.25, 0.3) is 0 Å². The number of phosphoric acid groups is 2. The van der Waals surface area contributed by atoms with E-state index in [-0.39, 0.29) is 25.7 Å². The molecular weight excluding hydrogens is 1210 g/mol. The first-order valence-corrected chi connectivity index (χ1v) is 40.9. The van der Waals surface area contributed by atoms with Gasteiger partial charge in [-0.2, -0.15) is 0 Å². The number of hydrogen-bond donors (Lipinski definition) is 3. The second-order valence-electron chi connectivity index (χ2n) is 27.5. The van der Waals surface area contributed by atoms with E-state index in [2.05, 4.69) is 48.5 Å². The van der Waals surface area contributed by atoms with E-state index in [0.29, 0.717) is 31.6 Å². The monoisotopic (exact) mass is 1350 g/mol. The number of phosphoric ester groups is 2. The molecule has 19 heteroatoms. The summed E-state index contributed by atoms with van der Waals surface area (Å²) in [6.07, 6.45) is 49.0. The lowest BCUT2D eigenvalue weighted by Crippen LogP contribution is -2.30. The first-order chi connectivity index (χ1) is 44.3. The summed E-state index contributed by atoms with van der Waals surface area (Å²) in [7, 11) is -9.90. The SMILES string of the molecule is CCCCCCCCCCCCCCCCCCCCCCCC(=O)O[C@H](COC(=O)CCCCCCCCCCCC(C)C)COP(=O)(O)OC[C@@H](O)COP(=O)(O)OC[C@@H](COC(=O)CCCCCCCCC(C)C)OC(=O)CCCCCCCCC(C)CC. The molecule has 0 saturated heterocycles. The van der Waals surface area contributed by atoms with Gasteiger partial charge in [0, 0.05) is 25.7 Å². The van der Waals surface area contributed by atoms with Gasteiger partial charge in [-0.15, -0.1) is 0 Å². The van der Waals surface area contributed by atoms with Crippen molar-refractivity contribution in [3.05, 3.63) is 0 Å². The maximum Gasteiger partial charge on any atom is 0.472 e. The van der Waals surface area contributed by atoms with Crippen LogP contribution >= 0.6 is 15.6 Å². The normalized spacial score (nSPS) is 14.4. The van der Waals surface area contributed by atoms with Gasteiger partial charge in [-0.25, -0.2) is 9.13 Å². The molecule has 0 fully saturated rings. The Kier molecular flexibility index (Phi) is 62.4. The first-order valence-electron chi connectivity index (χ1n) is 37.9. The fourth-order valence-electron chi connectivity index (χ4n) is 11.0. The number of aliphatic hydroxyl groups excluding tert-OH is 1. The summed E-state index contributed by atoms with van der Waals surface area (Å²) >= 11 is 0. The van der Waals surface area contributed by atoms with E-state index in [4.69, 9.17) is 37.0 Å². The highest BCUT2D eigenvalue weighted by molar-refractivity contribution is 7.47. The number of carbonyl (C=O) groups excluding carboxylic acids is 4. The molecule has 0 bridgehead atoms. The minimum absolute atomic E-state index is 0.102. The Morgan fingerprint density at radius 2 is 0.554 bits per heavy atom. The fourth-order valence-corrected chi connectivity index (χ4v) is 12.6. The third-order valence-electron chi connectivity index (χ3n) is 17.2. The summed E-state index contributed by atoms with van der Waals surface area (Å²) in [6, 6.07) is 0.